The summed E-state index contributed by atoms with van der Waals surface area (Å²) >= 11 is 0. The van der Waals surface area contributed by atoms with Gasteiger partial charge >= 0.3 is 12.2 Å². The number of hydrogen-bond donors (Lipinski definition) is 1. The van der Waals surface area contributed by atoms with Gasteiger partial charge < -0.3 is 9.47 Å². The molecule has 0 aliphatic carbocycles. The molecule has 0 aliphatic heterocycles. The van der Waals surface area contributed by atoms with Gasteiger partial charge in [-0.3, -0.25) is 0 Å². The highest BCUT2D eigenvalue weighted by Gasteiger charge is 2.32. The average molecular weight is 342 g/mol. The van der Waals surface area contributed by atoms with Crippen LogP contribution in [0.3, 0.4) is 0 Å². The van der Waals surface area contributed by atoms with Crippen LogP contribution in [0.4, 0.5) is 9.59 Å². The summed E-state index contributed by atoms with van der Waals surface area (Å²) < 4.78 is 10.7. The summed E-state index contributed by atoms with van der Waals surface area (Å²) in [5.41, 5.74) is 2.24. The highest BCUT2D eigenvalue weighted by Crippen LogP contribution is 2.18. The van der Waals surface area contributed by atoms with Crippen LogP contribution in [-0.4, -0.2) is 34.4 Å². The van der Waals surface area contributed by atoms with E-state index in [-0.39, 0.29) is 12.0 Å². The number of nitrogens with zero attached hydrogens (tertiary/aromatic N) is 1. The first-order chi connectivity index (χ1) is 10.6. The topological polar surface area (TPSA) is 67.9 Å². The van der Waals surface area contributed by atoms with Gasteiger partial charge in [-0.15, -0.1) is 0 Å². The third kappa shape index (κ3) is 9.43. The van der Waals surface area contributed by atoms with Crippen molar-refractivity contribution in [1.82, 2.24) is 10.4 Å². The van der Waals surface area contributed by atoms with Crippen LogP contribution in [0.1, 0.15) is 69.2 Å². The third-order valence-corrected chi connectivity index (χ3v) is 2.69. The van der Waals surface area contributed by atoms with Gasteiger partial charge in [-0.25, -0.2) is 20.0 Å². The first-order valence-corrected chi connectivity index (χ1v) is 8.29. The predicted octanol–water partition coefficient (Wildman–Crippen LogP) is 4.65. The van der Waals surface area contributed by atoms with E-state index in [0.717, 1.165) is 5.57 Å². The second kappa shape index (κ2) is 8.40. The molecule has 0 aromatic carbocycles. The molecule has 0 aromatic heterocycles. The van der Waals surface area contributed by atoms with Gasteiger partial charge in [0.1, 0.15) is 11.2 Å². The molecule has 0 saturated heterocycles. The van der Waals surface area contributed by atoms with E-state index < -0.39 is 23.4 Å². The quantitative estimate of drug-likeness (QED) is 0.598. The Labute approximate surface area is 146 Å². The highest BCUT2D eigenvalue weighted by atomic mass is 16.6. The van der Waals surface area contributed by atoms with Crippen molar-refractivity contribution in [2.45, 2.75) is 86.5 Å². The van der Waals surface area contributed by atoms with Crippen LogP contribution in [0, 0.1) is 5.92 Å². The molecule has 1 N–H and O–H groups in total. The zero-order valence-corrected chi connectivity index (χ0v) is 16.8. The summed E-state index contributed by atoms with van der Waals surface area (Å²) in [5.74, 6) is 0.0716. The Morgan fingerprint density at radius 1 is 0.958 bits per heavy atom. The Balaban J connectivity index is 5.53. The second-order valence-corrected chi connectivity index (χ2v) is 8.44. The van der Waals surface area contributed by atoms with E-state index in [1.54, 1.807) is 41.5 Å². The van der Waals surface area contributed by atoms with Gasteiger partial charge in [0.25, 0.3) is 0 Å². The number of carbonyl (C=O) groups excluding carboxylic acids is 2. The van der Waals surface area contributed by atoms with Crippen LogP contribution in [0.25, 0.3) is 0 Å². The Bertz CT molecular complexity index is 466. The number of amides is 2. The molecule has 1 atom stereocenters. The summed E-state index contributed by atoms with van der Waals surface area (Å²) in [6, 6.07) is -0.350. The SMILES string of the molecule is CC(C)=CC(C(C)C)N(NC(=O)OC(C)(C)C)C(=O)OC(C)(C)C. The van der Waals surface area contributed by atoms with Gasteiger partial charge in [0, 0.05) is 0 Å². The van der Waals surface area contributed by atoms with E-state index in [0.29, 0.717) is 0 Å². The van der Waals surface area contributed by atoms with Crippen molar-refractivity contribution in [2.75, 3.05) is 0 Å². The minimum atomic E-state index is -0.693. The summed E-state index contributed by atoms with van der Waals surface area (Å²) in [4.78, 5) is 24.7. The van der Waals surface area contributed by atoms with E-state index >= 15 is 0 Å². The maximum Gasteiger partial charge on any atom is 0.429 e. The Morgan fingerprint density at radius 3 is 1.75 bits per heavy atom. The average Bonchev–Trinajstić information content (AvgIpc) is 2.28. The Hall–Kier alpha value is -1.72. The molecule has 140 valence electrons. The van der Waals surface area contributed by atoms with E-state index in [4.69, 9.17) is 9.47 Å². The number of nitrogens with one attached hydrogen (secondary N) is 1. The van der Waals surface area contributed by atoms with Crippen molar-refractivity contribution in [3.05, 3.63) is 11.6 Å². The summed E-state index contributed by atoms with van der Waals surface area (Å²) in [6.07, 6.45) is 0.608. The molecule has 0 fully saturated rings. The van der Waals surface area contributed by atoms with Crippen molar-refractivity contribution >= 4 is 12.2 Å². The van der Waals surface area contributed by atoms with E-state index in [1.165, 1.54) is 5.01 Å². The number of ether oxygens (including phenoxy) is 2. The van der Waals surface area contributed by atoms with Gasteiger partial charge in [-0.05, 0) is 61.3 Å². The lowest BCUT2D eigenvalue weighted by Gasteiger charge is -2.34. The maximum absolute atomic E-state index is 12.6. The van der Waals surface area contributed by atoms with Crippen LogP contribution < -0.4 is 5.43 Å². The monoisotopic (exact) mass is 342 g/mol. The fraction of sp³-hybridized carbons (Fsp3) is 0.778. The molecular weight excluding hydrogens is 308 g/mol. The molecule has 2 amide bonds. The minimum absolute atomic E-state index is 0.0716. The molecule has 24 heavy (non-hydrogen) atoms. The van der Waals surface area contributed by atoms with E-state index in [9.17, 15) is 9.59 Å². The Morgan fingerprint density at radius 2 is 1.42 bits per heavy atom. The standard InChI is InChI=1S/C18H34N2O4/c1-12(2)11-14(13(3)4)20(16(22)24-18(8,9)10)19-15(21)23-17(5,6)7/h11,13-14H,1-10H3,(H,19,21). The second-order valence-electron chi connectivity index (χ2n) is 8.44. The first kappa shape index (κ1) is 22.3. The molecule has 0 bridgehead atoms. The molecule has 0 heterocycles. The first-order valence-electron chi connectivity index (χ1n) is 8.29. The number of rotatable bonds is 3. The molecule has 6 nitrogen and oxygen atoms in total. The zero-order chi connectivity index (χ0) is 19.3. The number of allylic oxidation sites excluding steroid dienone is 1. The van der Waals surface area contributed by atoms with Crippen LogP contribution >= 0.6 is 0 Å². The van der Waals surface area contributed by atoms with Gasteiger partial charge in [0.15, 0.2) is 0 Å². The van der Waals surface area contributed by atoms with Gasteiger partial charge in [-0.2, -0.15) is 0 Å². The van der Waals surface area contributed by atoms with Crippen LogP contribution in [0.5, 0.6) is 0 Å². The molecule has 0 saturated carbocycles. The lowest BCUT2D eigenvalue weighted by atomic mass is 10.0. The van der Waals surface area contributed by atoms with Crippen molar-refractivity contribution in [1.29, 1.82) is 0 Å². The van der Waals surface area contributed by atoms with Crippen LogP contribution in [0.15, 0.2) is 11.6 Å². The fourth-order valence-corrected chi connectivity index (χ4v) is 1.86. The summed E-state index contributed by atoms with van der Waals surface area (Å²) in [7, 11) is 0. The normalized spacial score (nSPS) is 13.1. The zero-order valence-electron chi connectivity index (χ0n) is 16.8. The number of hydrazine groups is 1. The molecular formula is C18H34N2O4. The van der Waals surface area contributed by atoms with Gasteiger partial charge in [-0.1, -0.05) is 25.5 Å². The molecule has 0 rings (SSSR count). The number of hydrogen-bond acceptors (Lipinski definition) is 4. The van der Waals surface area contributed by atoms with E-state index in [2.05, 4.69) is 5.43 Å². The molecule has 6 heteroatoms. The predicted molar refractivity (Wildman–Crippen MR) is 95.5 cm³/mol. The lowest BCUT2D eigenvalue weighted by molar-refractivity contribution is -0.00919. The van der Waals surface area contributed by atoms with Crippen molar-refractivity contribution in [2.24, 2.45) is 5.92 Å². The van der Waals surface area contributed by atoms with Crippen molar-refractivity contribution in [3.63, 3.8) is 0 Å². The molecule has 1 unspecified atom stereocenters. The van der Waals surface area contributed by atoms with Crippen molar-refractivity contribution in [3.8, 4) is 0 Å². The van der Waals surface area contributed by atoms with Crippen molar-refractivity contribution < 1.29 is 19.1 Å². The molecule has 0 aliphatic rings. The largest absolute Gasteiger partial charge is 0.443 e. The van der Waals surface area contributed by atoms with Gasteiger partial charge in [0.05, 0.1) is 6.04 Å². The molecule has 0 radical (unpaired) electrons. The summed E-state index contributed by atoms with van der Waals surface area (Å²) in [6.45, 7) is 18.5. The molecule has 0 spiro atoms. The molecule has 0 aromatic rings. The van der Waals surface area contributed by atoms with Crippen LogP contribution in [0.2, 0.25) is 0 Å². The maximum atomic E-state index is 12.6. The summed E-state index contributed by atoms with van der Waals surface area (Å²) in [5, 5.41) is 1.21. The fourth-order valence-electron chi connectivity index (χ4n) is 1.86. The van der Waals surface area contributed by atoms with E-state index in [1.807, 2.05) is 33.8 Å². The highest BCUT2D eigenvalue weighted by molar-refractivity contribution is 5.75. The van der Waals surface area contributed by atoms with Gasteiger partial charge in [0.2, 0.25) is 0 Å². The number of carbonyl (C=O) groups is 2. The minimum Gasteiger partial charge on any atom is -0.443 e. The smallest absolute Gasteiger partial charge is 0.429 e. The third-order valence-electron chi connectivity index (χ3n) is 2.69. The lowest BCUT2D eigenvalue weighted by Crippen LogP contribution is -2.55. The Kier molecular flexibility index (Phi) is 7.80. The van der Waals surface area contributed by atoms with Crippen LogP contribution in [-0.2, 0) is 9.47 Å².